The molecule has 0 aromatic rings. The first kappa shape index (κ1) is 33.6. The SMILES string of the molecule is CC(C)[C@@H](OC(=O)N1CCC1)C1C[C@@H](C)[C@H]2C(O1)[C@H](O)[C@@]1(C)C3CC[C@H]4C(C)(C)C(OC(=O)NC5CN(C)C5)CC[C@@]45C[C@@]35CC[C@]21C. The molecule has 0 aromatic carbocycles. The number of ether oxygens (including phenoxy) is 3. The molecule has 2 spiro atoms. The lowest BCUT2D eigenvalue weighted by Crippen LogP contribution is -2.61. The summed E-state index contributed by atoms with van der Waals surface area (Å²) >= 11 is 0. The van der Waals surface area contributed by atoms with Gasteiger partial charge in [-0.3, -0.25) is 0 Å². The van der Waals surface area contributed by atoms with E-state index in [9.17, 15) is 14.7 Å². The van der Waals surface area contributed by atoms with E-state index >= 15 is 0 Å². The van der Waals surface area contributed by atoms with Crippen molar-refractivity contribution < 1.29 is 28.9 Å². The molecule has 2 amide bonds. The molecule has 2 N–H and O–H groups in total. The fraction of sp³-hybridized carbons (Fsp3) is 0.949. The third-order valence-corrected chi connectivity index (χ3v) is 16.8. The van der Waals surface area contributed by atoms with Crippen molar-refractivity contribution in [3.05, 3.63) is 0 Å². The van der Waals surface area contributed by atoms with Gasteiger partial charge in [-0.25, -0.2) is 9.59 Å². The molecule has 5 aliphatic carbocycles. The molecule has 270 valence electrons. The summed E-state index contributed by atoms with van der Waals surface area (Å²) in [5, 5.41) is 15.7. The predicted molar refractivity (Wildman–Crippen MR) is 182 cm³/mol. The Hall–Kier alpha value is -1.58. The van der Waals surface area contributed by atoms with E-state index in [0.717, 1.165) is 71.1 Å². The smallest absolute Gasteiger partial charge is 0.410 e. The first-order valence-electron chi connectivity index (χ1n) is 19.5. The van der Waals surface area contributed by atoms with Gasteiger partial charge < -0.3 is 34.4 Å². The van der Waals surface area contributed by atoms with Gasteiger partial charge in [0.15, 0.2) is 0 Å². The Morgan fingerprint density at radius 2 is 1.67 bits per heavy atom. The topological polar surface area (TPSA) is 101 Å². The van der Waals surface area contributed by atoms with Crippen LogP contribution in [0.3, 0.4) is 0 Å². The second-order valence-corrected chi connectivity index (χ2v) is 19.4. The zero-order chi connectivity index (χ0) is 34.2. The highest BCUT2D eigenvalue weighted by Crippen LogP contribution is 2.89. The average molecular weight is 670 g/mol. The van der Waals surface area contributed by atoms with Crippen LogP contribution < -0.4 is 5.32 Å². The van der Waals surface area contributed by atoms with Crippen LogP contribution in [0.5, 0.6) is 0 Å². The lowest BCUT2D eigenvalue weighted by Gasteiger charge is -2.63. The van der Waals surface area contributed by atoms with E-state index in [4.69, 9.17) is 14.2 Å². The highest BCUT2D eigenvalue weighted by atomic mass is 16.6. The number of carbonyl (C=O) groups is 2. The number of fused-ring (bicyclic) bond motifs is 4. The third-order valence-electron chi connectivity index (χ3n) is 16.8. The van der Waals surface area contributed by atoms with Crippen LogP contribution in [0.2, 0.25) is 0 Å². The summed E-state index contributed by atoms with van der Waals surface area (Å²) in [4.78, 5) is 29.9. The molecule has 4 unspecified atom stereocenters. The summed E-state index contributed by atoms with van der Waals surface area (Å²) in [5.74, 6) is 1.76. The quantitative estimate of drug-likeness (QED) is 0.366. The number of likely N-dealkylation sites (N-methyl/N-ethyl adjacent to an activating group) is 1. The predicted octanol–water partition coefficient (Wildman–Crippen LogP) is 6.08. The molecule has 9 heteroatoms. The van der Waals surface area contributed by atoms with E-state index in [1.807, 2.05) is 0 Å². The van der Waals surface area contributed by atoms with E-state index in [1.54, 1.807) is 4.90 Å². The van der Waals surface area contributed by atoms with Crippen molar-refractivity contribution in [1.29, 1.82) is 0 Å². The molecule has 48 heavy (non-hydrogen) atoms. The van der Waals surface area contributed by atoms with E-state index in [2.05, 4.69) is 65.7 Å². The second-order valence-electron chi connectivity index (χ2n) is 19.4. The van der Waals surface area contributed by atoms with Crippen LogP contribution in [0.1, 0.15) is 106 Å². The number of rotatable bonds is 5. The first-order chi connectivity index (χ1) is 22.6. The largest absolute Gasteiger partial charge is 0.446 e. The minimum Gasteiger partial charge on any atom is -0.446 e. The number of aliphatic hydroxyl groups excluding tert-OH is 1. The van der Waals surface area contributed by atoms with Crippen molar-refractivity contribution in [2.45, 2.75) is 143 Å². The normalized spacial score (nSPS) is 49.6. The van der Waals surface area contributed by atoms with Crippen LogP contribution in [-0.2, 0) is 14.2 Å². The number of nitrogens with one attached hydrogen (secondary N) is 1. The zero-order valence-corrected chi connectivity index (χ0v) is 30.9. The lowest BCUT2D eigenvalue weighted by molar-refractivity contribution is -0.185. The second kappa shape index (κ2) is 11.0. The number of hydrogen-bond donors (Lipinski definition) is 2. The maximum absolute atomic E-state index is 13.0. The number of alkyl carbamates (subject to hydrolysis) is 1. The van der Waals surface area contributed by atoms with Crippen LogP contribution in [-0.4, -0.2) is 96.9 Å². The summed E-state index contributed by atoms with van der Waals surface area (Å²) in [7, 11) is 2.07. The molecule has 0 radical (unpaired) electrons. The Labute approximate surface area is 288 Å². The van der Waals surface area contributed by atoms with Crippen LogP contribution in [0.25, 0.3) is 0 Å². The number of nitrogens with zero attached hydrogens (tertiary/aromatic N) is 2. The van der Waals surface area contributed by atoms with Gasteiger partial charge in [-0.15, -0.1) is 0 Å². The number of aliphatic hydroxyl groups is 1. The molecule has 3 aliphatic heterocycles. The number of amides is 2. The van der Waals surface area contributed by atoms with Gasteiger partial charge in [0.1, 0.15) is 12.2 Å². The van der Waals surface area contributed by atoms with Gasteiger partial charge in [0.25, 0.3) is 0 Å². The van der Waals surface area contributed by atoms with Crippen LogP contribution in [0.15, 0.2) is 0 Å². The van der Waals surface area contributed by atoms with Gasteiger partial charge >= 0.3 is 12.2 Å². The fourth-order valence-electron chi connectivity index (χ4n) is 14.2. The van der Waals surface area contributed by atoms with E-state index in [0.29, 0.717) is 17.8 Å². The molecule has 3 saturated heterocycles. The maximum Gasteiger partial charge on any atom is 0.410 e. The minimum atomic E-state index is -0.546. The molecule has 8 rings (SSSR count). The lowest BCUT2D eigenvalue weighted by atomic mass is 9.41. The number of carbonyl (C=O) groups excluding carboxylic acids is 2. The molecular weight excluding hydrogens is 606 g/mol. The van der Waals surface area contributed by atoms with E-state index < -0.39 is 6.10 Å². The standard InChI is InChI=1S/C39H63N3O6/c1-22(2)30(48-34(45)42-16-9-17-42)25-18-23(3)29-31(46-25)32(43)37(7)27-11-10-26-35(4,5)28(47-33(44)40-24-19-41(8)20-24)12-13-38(26)21-39(27,38)15-14-36(29,37)6/h22-32,43H,9-21H2,1-8H3,(H,40,44)/t23-,25?,26+,27?,28?,29+,30-,31?,32+,36-,37-,38-,39+/m1/s1. The van der Waals surface area contributed by atoms with Crippen molar-refractivity contribution in [2.75, 3.05) is 33.2 Å². The van der Waals surface area contributed by atoms with Crippen molar-refractivity contribution in [2.24, 2.45) is 56.7 Å². The summed E-state index contributed by atoms with van der Waals surface area (Å²) in [6.45, 7) is 19.6. The molecule has 0 aromatic heterocycles. The molecule has 8 aliphatic rings. The fourth-order valence-corrected chi connectivity index (χ4v) is 14.2. The average Bonchev–Trinajstić information content (AvgIpc) is 3.60. The van der Waals surface area contributed by atoms with Gasteiger partial charge in [-0.1, -0.05) is 48.5 Å². The highest BCUT2D eigenvalue weighted by Gasteiger charge is 2.84. The van der Waals surface area contributed by atoms with Gasteiger partial charge in [0.05, 0.1) is 24.4 Å². The van der Waals surface area contributed by atoms with Gasteiger partial charge in [0.2, 0.25) is 0 Å². The van der Waals surface area contributed by atoms with E-state index in [1.165, 1.54) is 12.8 Å². The van der Waals surface area contributed by atoms with Crippen molar-refractivity contribution in [3.63, 3.8) is 0 Å². The van der Waals surface area contributed by atoms with Gasteiger partial charge in [-0.05, 0) is 111 Å². The molecule has 5 saturated carbocycles. The molecule has 8 fully saturated rings. The maximum atomic E-state index is 13.0. The van der Waals surface area contributed by atoms with Crippen LogP contribution in [0, 0.1) is 56.7 Å². The Kier molecular flexibility index (Phi) is 7.66. The van der Waals surface area contributed by atoms with Gasteiger partial charge in [-0.2, -0.15) is 0 Å². The Morgan fingerprint density at radius 1 is 0.979 bits per heavy atom. The Balaban J connectivity index is 1.01. The van der Waals surface area contributed by atoms with Crippen molar-refractivity contribution in [3.8, 4) is 0 Å². The third kappa shape index (κ3) is 4.37. The van der Waals surface area contributed by atoms with Crippen molar-refractivity contribution >= 4 is 12.2 Å². The molecule has 0 bridgehead atoms. The Bertz CT molecular complexity index is 1310. The Morgan fingerprint density at radius 3 is 2.31 bits per heavy atom. The van der Waals surface area contributed by atoms with E-state index in [-0.39, 0.29) is 81.6 Å². The van der Waals surface area contributed by atoms with Crippen LogP contribution in [0.4, 0.5) is 9.59 Å². The summed E-state index contributed by atoms with van der Waals surface area (Å²) in [6, 6.07) is 0.195. The van der Waals surface area contributed by atoms with Crippen LogP contribution >= 0.6 is 0 Å². The molecular formula is C39H63N3O6. The first-order valence-corrected chi connectivity index (χ1v) is 19.5. The molecule has 13 atom stereocenters. The summed E-state index contributed by atoms with van der Waals surface area (Å²) in [5.41, 5.74) is 0.170. The monoisotopic (exact) mass is 669 g/mol. The summed E-state index contributed by atoms with van der Waals surface area (Å²) < 4.78 is 19.4. The number of hydrogen-bond acceptors (Lipinski definition) is 7. The van der Waals surface area contributed by atoms with Crippen molar-refractivity contribution in [1.82, 2.24) is 15.1 Å². The minimum absolute atomic E-state index is 0.0147. The molecule has 3 heterocycles. The summed E-state index contributed by atoms with van der Waals surface area (Å²) in [6.07, 6.45) is 7.94. The highest BCUT2D eigenvalue weighted by molar-refractivity contribution is 5.69. The molecule has 9 nitrogen and oxygen atoms in total. The number of likely N-dealkylation sites (tertiary alicyclic amines) is 2. The zero-order valence-electron chi connectivity index (χ0n) is 30.9. The van der Waals surface area contributed by atoms with Gasteiger partial charge in [0, 0.05) is 37.0 Å².